The minimum Gasteiger partial charge on any atom is -0.382 e. The number of nitrogen functional groups attached to an aromatic ring is 2. The molecule has 0 atom stereocenters. The number of anilines is 2. The van der Waals surface area contributed by atoms with Crippen molar-refractivity contribution in [3.63, 3.8) is 0 Å². The monoisotopic (exact) mass is 308 g/mol. The Hall–Kier alpha value is -2.05. The average Bonchev–Trinajstić information content (AvgIpc) is 2.76. The minimum atomic E-state index is 0.0996. The molecule has 0 aliphatic carbocycles. The van der Waals surface area contributed by atoms with Crippen LogP contribution in [0.3, 0.4) is 0 Å². The van der Waals surface area contributed by atoms with Gasteiger partial charge in [-0.3, -0.25) is 0 Å². The quantitative estimate of drug-likeness (QED) is 0.674. The van der Waals surface area contributed by atoms with Gasteiger partial charge in [0.2, 0.25) is 5.95 Å². The number of fused-ring (bicyclic) bond motifs is 1. The van der Waals surface area contributed by atoms with Crippen LogP contribution in [0.5, 0.6) is 0 Å². The predicted octanol–water partition coefficient (Wildman–Crippen LogP) is 2.41. The van der Waals surface area contributed by atoms with E-state index in [1.165, 1.54) is 0 Å². The van der Waals surface area contributed by atoms with Crippen molar-refractivity contribution in [3.05, 3.63) is 39.6 Å². The lowest BCUT2D eigenvalue weighted by atomic mass is 10.1. The molecule has 2 heterocycles. The summed E-state index contributed by atoms with van der Waals surface area (Å²) in [7, 11) is 0. The molecule has 0 aliphatic rings. The summed E-state index contributed by atoms with van der Waals surface area (Å²) in [6, 6.07) is 5.42. The summed E-state index contributed by atoms with van der Waals surface area (Å²) in [6.45, 7) is 0. The standard InChI is InChI=1S/C12H10Cl2N6/c13-6-2-1-5(3-7(6)14)4-8-17-9-10(15)19-12(16)20-11(9)18-8/h1-3H,4H2,(H5,15,16,17,18,19,20). The van der Waals surface area contributed by atoms with Gasteiger partial charge in [-0.2, -0.15) is 9.97 Å². The average molecular weight is 309 g/mol. The van der Waals surface area contributed by atoms with E-state index in [0.29, 0.717) is 33.5 Å². The van der Waals surface area contributed by atoms with Crippen molar-refractivity contribution in [3.8, 4) is 0 Å². The van der Waals surface area contributed by atoms with Gasteiger partial charge in [0.25, 0.3) is 0 Å². The van der Waals surface area contributed by atoms with Gasteiger partial charge < -0.3 is 16.5 Å². The van der Waals surface area contributed by atoms with Crippen LogP contribution in [0.4, 0.5) is 11.8 Å². The lowest BCUT2D eigenvalue weighted by Gasteiger charge is -2.00. The Labute approximate surface area is 124 Å². The third-order valence-corrected chi connectivity index (χ3v) is 3.54. The topological polar surface area (TPSA) is 106 Å². The van der Waals surface area contributed by atoms with Crippen LogP contribution in [-0.2, 0) is 6.42 Å². The molecule has 0 unspecified atom stereocenters. The van der Waals surface area contributed by atoms with Crippen LogP contribution in [0, 0.1) is 0 Å². The molecule has 3 aromatic rings. The van der Waals surface area contributed by atoms with Crippen molar-refractivity contribution in [1.29, 1.82) is 0 Å². The number of hydrogen-bond acceptors (Lipinski definition) is 5. The van der Waals surface area contributed by atoms with E-state index in [-0.39, 0.29) is 11.8 Å². The summed E-state index contributed by atoms with van der Waals surface area (Å²) < 4.78 is 0. The number of benzene rings is 1. The molecule has 0 saturated heterocycles. The van der Waals surface area contributed by atoms with Gasteiger partial charge in [0.15, 0.2) is 11.5 Å². The molecule has 5 N–H and O–H groups in total. The first-order valence-corrected chi connectivity index (χ1v) is 6.50. The molecule has 0 radical (unpaired) electrons. The SMILES string of the molecule is Nc1nc(N)c2[nH]c(Cc3ccc(Cl)c(Cl)c3)nc2n1. The van der Waals surface area contributed by atoms with Gasteiger partial charge in [0.1, 0.15) is 11.3 Å². The molecule has 1 aromatic carbocycles. The number of halogens is 2. The van der Waals surface area contributed by atoms with E-state index in [2.05, 4.69) is 19.9 Å². The number of hydrogen-bond donors (Lipinski definition) is 3. The van der Waals surface area contributed by atoms with E-state index >= 15 is 0 Å². The van der Waals surface area contributed by atoms with Crippen molar-refractivity contribution in [2.45, 2.75) is 6.42 Å². The van der Waals surface area contributed by atoms with Crippen LogP contribution < -0.4 is 11.5 Å². The zero-order valence-corrected chi connectivity index (χ0v) is 11.7. The minimum absolute atomic E-state index is 0.0996. The first-order valence-electron chi connectivity index (χ1n) is 5.74. The largest absolute Gasteiger partial charge is 0.382 e. The maximum atomic E-state index is 5.98. The van der Waals surface area contributed by atoms with E-state index in [0.717, 1.165) is 5.56 Å². The molecule has 3 rings (SSSR count). The number of aromatic nitrogens is 4. The number of imidazole rings is 1. The first kappa shape index (κ1) is 13.0. The molecule has 6 nitrogen and oxygen atoms in total. The fourth-order valence-electron chi connectivity index (χ4n) is 1.91. The van der Waals surface area contributed by atoms with Crippen molar-refractivity contribution >= 4 is 46.1 Å². The van der Waals surface area contributed by atoms with E-state index in [4.69, 9.17) is 34.7 Å². The molecular formula is C12H10Cl2N6. The van der Waals surface area contributed by atoms with Gasteiger partial charge in [0, 0.05) is 6.42 Å². The summed E-state index contributed by atoms with van der Waals surface area (Å²) in [4.78, 5) is 15.3. The van der Waals surface area contributed by atoms with Crippen molar-refractivity contribution in [2.75, 3.05) is 11.5 Å². The van der Waals surface area contributed by atoms with Crippen molar-refractivity contribution in [1.82, 2.24) is 19.9 Å². The zero-order valence-electron chi connectivity index (χ0n) is 10.2. The highest BCUT2D eigenvalue weighted by molar-refractivity contribution is 6.42. The molecule has 0 aliphatic heterocycles. The zero-order chi connectivity index (χ0) is 14.3. The summed E-state index contributed by atoms with van der Waals surface area (Å²) >= 11 is 11.9. The summed E-state index contributed by atoms with van der Waals surface area (Å²) in [5, 5.41) is 1.02. The van der Waals surface area contributed by atoms with Crippen LogP contribution in [-0.4, -0.2) is 19.9 Å². The Balaban J connectivity index is 1.98. The highest BCUT2D eigenvalue weighted by atomic mass is 35.5. The molecule has 8 heteroatoms. The second kappa shape index (κ2) is 4.81. The Morgan fingerprint density at radius 3 is 2.60 bits per heavy atom. The summed E-state index contributed by atoms with van der Waals surface area (Å²) in [5.41, 5.74) is 13.3. The van der Waals surface area contributed by atoms with E-state index in [9.17, 15) is 0 Å². The number of rotatable bonds is 2. The molecule has 0 bridgehead atoms. The van der Waals surface area contributed by atoms with Gasteiger partial charge >= 0.3 is 0 Å². The van der Waals surface area contributed by atoms with Gasteiger partial charge in [-0.05, 0) is 17.7 Å². The van der Waals surface area contributed by atoms with Crippen LogP contribution in [0.1, 0.15) is 11.4 Å². The predicted molar refractivity (Wildman–Crippen MR) is 79.8 cm³/mol. The Kier molecular flexibility index (Phi) is 3.11. The van der Waals surface area contributed by atoms with Gasteiger partial charge in [-0.15, -0.1) is 0 Å². The lowest BCUT2D eigenvalue weighted by Crippen LogP contribution is -1.99. The van der Waals surface area contributed by atoms with Crippen molar-refractivity contribution in [2.24, 2.45) is 0 Å². The maximum Gasteiger partial charge on any atom is 0.224 e. The fourth-order valence-corrected chi connectivity index (χ4v) is 2.23. The molecule has 102 valence electrons. The summed E-state index contributed by atoms with van der Waals surface area (Å²) in [6.07, 6.45) is 0.548. The number of nitrogens with one attached hydrogen (secondary N) is 1. The smallest absolute Gasteiger partial charge is 0.224 e. The van der Waals surface area contributed by atoms with Crippen LogP contribution in [0.2, 0.25) is 10.0 Å². The van der Waals surface area contributed by atoms with E-state index in [1.807, 2.05) is 6.07 Å². The Morgan fingerprint density at radius 1 is 1.05 bits per heavy atom. The fraction of sp³-hybridized carbons (Fsp3) is 0.0833. The molecule has 0 spiro atoms. The van der Waals surface area contributed by atoms with Crippen LogP contribution in [0.25, 0.3) is 11.2 Å². The highest BCUT2D eigenvalue weighted by Crippen LogP contribution is 2.24. The Morgan fingerprint density at radius 2 is 1.85 bits per heavy atom. The number of H-pyrrole nitrogens is 1. The van der Waals surface area contributed by atoms with Gasteiger partial charge in [0.05, 0.1) is 10.0 Å². The highest BCUT2D eigenvalue weighted by Gasteiger charge is 2.10. The van der Waals surface area contributed by atoms with Crippen LogP contribution >= 0.6 is 23.2 Å². The molecule has 0 amide bonds. The van der Waals surface area contributed by atoms with E-state index in [1.54, 1.807) is 12.1 Å². The van der Waals surface area contributed by atoms with Gasteiger partial charge in [-0.25, -0.2) is 4.98 Å². The lowest BCUT2D eigenvalue weighted by molar-refractivity contribution is 1.03. The van der Waals surface area contributed by atoms with E-state index < -0.39 is 0 Å². The molecular weight excluding hydrogens is 299 g/mol. The second-order valence-corrected chi connectivity index (χ2v) is 5.09. The van der Waals surface area contributed by atoms with Crippen molar-refractivity contribution < 1.29 is 0 Å². The number of nitrogens with two attached hydrogens (primary N) is 2. The number of aromatic amines is 1. The number of nitrogens with zero attached hydrogens (tertiary/aromatic N) is 3. The molecule has 20 heavy (non-hydrogen) atoms. The normalized spacial score (nSPS) is 11.1. The Bertz CT molecular complexity index is 798. The molecule has 0 fully saturated rings. The molecule has 2 aromatic heterocycles. The van der Waals surface area contributed by atoms with Crippen LogP contribution in [0.15, 0.2) is 18.2 Å². The maximum absolute atomic E-state index is 5.98. The third kappa shape index (κ3) is 2.35. The third-order valence-electron chi connectivity index (χ3n) is 2.80. The molecule has 0 saturated carbocycles. The first-order chi connectivity index (χ1) is 9.52. The second-order valence-electron chi connectivity index (χ2n) is 4.27. The summed E-state index contributed by atoms with van der Waals surface area (Å²) in [5.74, 6) is 1.08. The van der Waals surface area contributed by atoms with Gasteiger partial charge in [-0.1, -0.05) is 29.3 Å².